The van der Waals surface area contributed by atoms with Crippen molar-refractivity contribution >= 4 is 11.9 Å². The lowest BCUT2D eigenvalue weighted by atomic mass is 9.50. The molecule has 4 aliphatic rings. The Hall–Kier alpha value is -5.82. The SMILES string of the molecule is C.C[C@]12Cc3ccccc3C[C@@]1(c1cccc(C(=O)O)c1)CCN(CCc1ccccc1)C2.C[C@]12Cc3ccccc3C[C@@]1(c1cccc(C(N)=O)c1)CCN(CCc1ccccc1)C2. The molecule has 0 saturated carbocycles. The zero-order chi connectivity index (χ0) is 44.4. The predicted molar refractivity (Wildman–Crippen MR) is 265 cm³/mol. The number of carboxylic acid groups (broad SMARTS) is 1. The van der Waals surface area contributed by atoms with Crippen molar-refractivity contribution in [1.29, 1.82) is 0 Å². The number of piperidine rings is 2. The van der Waals surface area contributed by atoms with Crippen LogP contribution in [-0.4, -0.2) is 66.1 Å². The van der Waals surface area contributed by atoms with Gasteiger partial charge in [0.25, 0.3) is 0 Å². The van der Waals surface area contributed by atoms with Crippen LogP contribution in [0.5, 0.6) is 0 Å². The number of fused-ring (bicyclic) bond motifs is 4. The molecule has 0 bridgehead atoms. The molecule has 3 N–H and O–H groups in total. The van der Waals surface area contributed by atoms with Gasteiger partial charge in [-0.1, -0.05) is 155 Å². The summed E-state index contributed by atoms with van der Waals surface area (Å²) in [6.07, 6.45) is 8.38. The fraction of sp³-hybridized carbons (Fsp3) is 0.356. The van der Waals surface area contributed by atoms with Gasteiger partial charge >= 0.3 is 5.97 Å². The molecule has 6 aromatic carbocycles. The van der Waals surface area contributed by atoms with Crippen molar-refractivity contribution in [2.45, 2.75) is 83.5 Å². The molecule has 1 amide bonds. The average Bonchev–Trinajstić information content (AvgIpc) is 3.31. The first-order valence-electron chi connectivity index (χ1n) is 23.4. The third-order valence-electron chi connectivity index (χ3n) is 16.0. The molecule has 0 aromatic heterocycles. The first-order valence-corrected chi connectivity index (χ1v) is 23.4. The lowest BCUT2D eigenvalue weighted by molar-refractivity contribution is 0.00440. The lowest BCUT2D eigenvalue weighted by Gasteiger charge is -2.58. The summed E-state index contributed by atoms with van der Waals surface area (Å²) in [6, 6.07) is 55.1. The van der Waals surface area contributed by atoms with E-state index < -0.39 is 5.97 Å². The number of carboxylic acids is 1. The van der Waals surface area contributed by atoms with Crippen molar-refractivity contribution in [3.63, 3.8) is 0 Å². The van der Waals surface area contributed by atoms with Crippen LogP contribution in [0.1, 0.15) is 99.3 Å². The molecule has 6 aromatic rings. The van der Waals surface area contributed by atoms with Crippen LogP contribution in [0.4, 0.5) is 0 Å². The third-order valence-corrected chi connectivity index (χ3v) is 16.0. The van der Waals surface area contributed by atoms with E-state index in [4.69, 9.17) is 5.73 Å². The molecule has 0 spiro atoms. The minimum atomic E-state index is -0.846. The number of aromatic carboxylic acids is 1. The second-order valence-electron chi connectivity index (χ2n) is 19.9. The van der Waals surface area contributed by atoms with Crippen molar-refractivity contribution in [1.82, 2.24) is 9.80 Å². The van der Waals surface area contributed by atoms with E-state index in [9.17, 15) is 14.7 Å². The van der Waals surface area contributed by atoms with E-state index in [-0.39, 0.29) is 35.0 Å². The van der Waals surface area contributed by atoms with Crippen molar-refractivity contribution in [2.75, 3.05) is 39.3 Å². The maximum Gasteiger partial charge on any atom is 0.335 e. The Morgan fingerprint density at radius 1 is 0.523 bits per heavy atom. The first-order chi connectivity index (χ1) is 31.0. The summed E-state index contributed by atoms with van der Waals surface area (Å²) < 4.78 is 0. The van der Waals surface area contributed by atoms with Crippen LogP contribution in [-0.2, 0) is 49.4 Å². The molecule has 336 valence electrons. The quantitative estimate of drug-likeness (QED) is 0.143. The molecule has 0 unspecified atom stereocenters. The Morgan fingerprint density at radius 2 is 0.908 bits per heavy atom. The number of carbonyl (C=O) groups is 2. The summed E-state index contributed by atoms with van der Waals surface area (Å²) in [4.78, 5) is 29.0. The number of hydrogen-bond acceptors (Lipinski definition) is 4. The van der Waals surface area contributed by atoms with Crippen LogP contribution in [0.15, 0.2) is 158 Å². The van der Waals surface area contributed by atoms with Gasteiger partial charge in [-0.3, -0.25) is 4.79 Å². The van der Waals surface area contributed by atoms with Gasteiger partial charge in [-0.05, 0) is 144 Å². The summed E-state index contributed by atoms with van der Waals surface area (Å²) in [7, 11) is 0. The molecule has 2 aliphatic carbocycles. The number of benzene rings is 6. The second kappa shape index (κ2) is 19.0. The van der Waals surface area contributed by atoms with Gasteiger partial charge in [-0.25, -0.2) is 4.79 Å². The Labute approximate surface area is 387 Å². The van der Waals surface area contributed by atoms with Crippen LogP contribution in [0.25, 0.3) is 0 Å². The molecule has 6 heteroatoms. The van der Waals surface area contributed by atoms with Gasteiger partial charge in [-0.2, -0.15) is 0 Å². The number of primary amides is 1. The van der Waals surface area contributed by atoms with Crippen molar-refractivity contribution < 1.29 is 14.7 Å². The standard InChI is InChI=1S/C29H32N2O.C29H31NO2.CH4/c1-28-19-24-10-5-6-11-25(24)20-29(28,26-13-7-12-23(18-26)27(30)32)15-17-31(21-28)16-14-22-8-3-2-4-9-22;1-28-19-24-10-5-6-11-25(24)20-29(28,26-13-7-12-23(18-26)27(31)32)15-17-30(21-28)16-14-22-8-3-2-4-9-22;/h2-13,18H,14-17,19-21H2,1H3,(H2,30,32);2-13,18H,14-17,19-21H2,1H3,(H,31,32);1H4/t2*28-,29-;/m11./s1. The maximum atomic E-state index is 12.0. The molecular weight excluding hydrogens is 799 g/mol. The number of likely N-dealkylation sites (tertiary alicyclic amines) is 2. The molecule has 65 heavy (non-hydrogen) atoms. The van der Waals surface area contributed by atoms with Gasteiger partial charge in [0.1, 0.15) is 0 Å². The highest BCUT2D eigenvalue weighted by atomic mass is 16.4. The summed E-state index contributed by atoms with van der Waals surface area (Å²) in [5.41, 5.74) is 17.8. The zero-order valence-electron chi connectivity index (χ0n) is 37.6. The molecule has 0 radical (unpaired) electrons. The highest BCUT2D eigenvalue weighted by molar-refractivity contribution is 5.93. The van der Waals surface area contributed by atoms with Gasteiger partial charge in [-0.15, -0.1) is 0 Å². The Balaban J connectivity index is 0.000000175. The van der Waals surface area contributed by atoms with Gasteiger partial charge in [0.15, 0.2) is 0 Å². The largest absolute Gasteiger partial charge is 0.478 e. The maximum absolute atomic E-state index is 12.0. The summed E-state index contributed by atoms with van der Waals surface area (Å²) in [5, 5.41) is 9.64. The highest BCUT2D eigenvalue weighted by Crippen LogP contribution is 2.57. The monoisotopic (exact) mass is 866 g/mol. The van der Waals surface area contributed by atoms with E-state index >= 15 is 0 Å². The predicted octanol–water partition coefficient (Wildman–Crippen LogP) is 10.8. The first kappa shape index (κ1) is 45.7. The van der Waals surface area contributed by atoms with Crippen LogP contribution in [0, 0.1) is 10.8 Å². The summed E-state index contributed by atoms with van der Waals surface area (Å²) >= 11 is 0. The molecule has 4 atom stereocenters. The fourth-order valence-corrected chi connectivity index (χ4v) is 12.5. The molecule has 2 fully saturated rings. The molecule has 2 saturated heterocycles. The van der Waals surface area contributed by atoms with Crippen molar-refractivity contribution in [2.24, 2.45) is 16.6 Å². The number of rotatable bonds is 10. The molecule has 2 heterocycles. The number of nitrogens with two attached hydrogens (primary N) is 1. The van der Waals surface area contributed by atoms with E-state index in [2.05, 4.69) is 151 Å². The third kappa shape index (κ3) is 9.08. The van der Waals surface area contributed by atoms with Gasteiger partial charge in [0.2, 0.25) is 5.91 Å². The summed E-state index contributed by atoms with van der Waals surface area (Å²) in [6.45, 7) is 11.3. The highest BCUT2D eigenvalue weighted by Gasteiger charge is 2.56. The Bertz CT molecular complexity index is 2430. The molecule has 2 aliphatic heterocycles. The van der Waals surface area contributed by atoms with Crippen LogP contribution < -0.4 is 5.73 Å². The van der Waals surface area contributed by atoms with Crippen molar-refractivity contribution in [3.8, 4) is 0 Å². The minimum absolute atomic E-state index is 0. The summed E-state index contributed by atoms with van der Waals surface area (Å²) in [5.74, 6) is -1.19. The van der Waals surface area contributed by atoms with Crippen LogP contribution >= 0.6 is 0 Å². The van der Waals surface area contributed by atoms with E-state index in [1.165, 1.54) is 44.5 Å². The lowest BCUT2D eigenvalue weighted by Crippen LogP contribution is -2.60. The van der Waals surface area contributed by atoms with Crippen molar-refractivity contribution in [3.05, 3.63) is 213 Å². The Morgan fingerprint density at radius 3 is 1.32 bits per heavy atom. The number of nitrogens with zero attached hydrogens (tertiary/aromatic N) is 2. The Kier molecular flexibility index (Phi) is 13.3. The number of carbonyl (C=O) groups excluding carboxylic acids is 1. The number of hydrogen-bond donors (Lipinski definition) is 2. The van der Waals surface area contributed by atoms with Crippen LogP contribution in [0.2, 0.25) is 0 Å². The molecule has 10 rings (SSSR count). The van der Waals surface area contributed by atoms with Gasteiger partial charge < -0.3 is 20.6 Å². The molecule has 6 nitrogen and oxygen atoms in total. The normalized spacial score (nSPS) is 24.6. The van der Waals surface area contributed by atoms with E-state index in [0.717, 1.165) is 90.6 Å². The second-order valence-corrected chi connectivity index (χ2v) is 19.9. The zero-order valence-corrected chi connectivity index (χ0v) is 37.6. The van der Waals surface area contributed by atoms with E-state index in [1.54, 1.807) is 6.07 Å². The van der Waals surface area contributed by atoms with Gasteiger partial charge in [0, 0.05) is 42.6 Å². The van der Waals surface area contributed by atoms with E-state index in [1.807, 2.05) is 24.3 Å². The smallest absolute Gasteiger partial charge is 0.335 e. The topological polar surface area (TPSA) is 86.9 Å². The molecular formula is C59H67N3O3. The average molecular weight is 866 g/mol. The minimum Gasteiger partial charge on any atom is -0.478 e. The van der Waals surface area contributed by atoms with E-state index in [0.29, 0.717) is 11.1 Å². The fourth-order valence-electron chi connectivity index (χ4n) is 12.5. The van der Waals surface area contributed by atoms with Gasteiger partial charge in [0.05, 0.1) is 5.56 Å². The number of amides is 1. The van der Waals surface area contributed by atoms with Crippen LogP contribution in [0.3, 0.4) is 0 Å².